The van der Waals surface area contributed by atoms with E-state index >= 15 is 0 Å². The van der Waals surface area contributed by atoms with Crippen LogP contribution in [0.1, 0.15) is 60.8 Å². The van der Waals surface area contributed by atoms with E-state index in [4.69, 9.17) is 0 Å². The van der Waals surface area contributed by atoms with Crippen molar-refractivity contribution in [1.82, 2.24) is 5.32 Å². The second-order valence-corrected chi connectivity index (χ2v) is 9.84. The lowest BCUT2D eigenvalue weighted by Gasteiger charge is -2.28. The van der Waals surface area contributed by atoms with Gasteiger partial charge in [0.1, 0.15) is 0 Å². The molecule has 0 fully saturated rings. The number of benzene rings is 3. The molecular weight excluding hydrogens is 410 g/mol. The summed E-state index contributed by atoms with van der Waals surface area (Å²) in [5, 5.41) is 23.4. The van der Waals surface area contributed by atoms with Gasteiger partial charge in [-0.05, 0) is 66.5 Å². The molecule has 3 aromatic carbocycles. The molecule has 1 atom stereocenters. The molecule has 33 heavy (non-hydrogen) atoms. The Balaban J connectivity index is 1.67. The van der Waals surface area contributed by atoms with Crippen molar-refractivity contribution in [3.05, 3.63) is 95.1 Å². The Labute approximate surface area is 197 Å². The van der Waals surface area contributed by atoms with Gasteiger partial charge in [0.2, 0.25) is 0 Å². The molecule has 0 spiro atoms. The van der Waals surface area contributed by atoms with Crippen LogP contribution in [0.3, 0.4) is 0 Å². The minimum absolute atomic E-state index is 0.176. The van der Waals surface area contributed by atoms with Crippen LogP contribution in [0.5, 0.6) is 0 Å². The van der Waals surface area contributed by atoms with Crippen molar-refractivity contribution < 1.29 is 15.0 Å². The second-order valence-electron chi connectivity index (χ2n) is 9.84. The maximum Gasteiger partial charge on any atom is 0.335 e. The molecule has 0 aliphatic heterocycles. The fourth-order valence-electron chi connectivity index (χ4n) is 4.14. The number of β-amino-alcohol motifs (C(OH)–C–C–N with tert-alkyl or cyclic N) is 1. The summed E-state index contributed by atoms with van der Waals surface area (Å²) in [4.78, 5) is 11.6. The van der Waals surface area contributed by atoms with Gasteiger partial charge < -0.3 is 15.5 Å². The van der Waals surface area contributed by atoms with E-state index in [-0.39, 0.29) is 5.54 Å². The summed E-state index contributed by atoms with van der Waals surface area (Å²) < 4.78 is 0. The minimum atomic E-state index is -0.875. The second kappa shape index (κ2) is 10.8. The molecule has 0 aliphatic rings. The lowest BCUT2D eigenvalue weighted by molar-refractivity contribution is 0.0695. The van der Waals surface area contributed by atoms with E-state index in [9.17, 15) is 15.0 Å². The Morgan fingerprint density at radius 1 is 0.939 bits per heavy atom. The monoisotopic (exact) mass is 445 g/mol. The van der Waals surface area contributed by atoms with Crippen molar-refractivity contribution in [2.45, 2.75) is 52.2 Å². The predicted octanol–water partition coefficient (Wildman–Crippen LogP) is 5.89. The van der Waals surface area contributed by atoms with Crippen LogP contribution in [0.15, 0.2) is 72.8 Å². The first kappa shape index (κ1) is 24.7. The quantitative estimate of drug-likeness (QED) is 0.364. The zero-order valence-corrected chi connectivity index (χ0v) is 20.0. The summed E-state index contributed by atoms with van der Waals surface area (Å²) in [6.45, 7) is 8.97. The number of hydrogen-bond donors (Lipinski definition) is 3. The zero-order chi connectivity index (χ0) is 24.0. The van der Waals surface area contributed by atoms with Gasteiger partial charge in [-0.25, -0.2) is 4.79 Å². The van der Waals surface area contributed by atoms with E-state index in [1.807, 2.05) is 42.5 Å². The van der Waals surface area contributed by atoms with E-state index in [1.54, 1.807) is 6.07 Å². The lowest BCUT2D eigenvalue weighted by atomic mass is 9.91. The number of aliphatic hydroxyl groups is 1. The molecule has 0 amide bonds. The molecule has 3 N–H and O–H groups in total. The van der Waals surface area contributed by atoms with Gasteiger partial charge >= 0.3 is 5.97 Å². The van der Waals surface area contributed by atoms with Crippen LogP contribution in [0.2, 0.25) is 0 Å². The molecule has 0 radical (unpaired) electrons. The first-order chi connectivity index (χ1) is 15.6. The minimum Gasteiger partial charge on any atom is -0.478 e. The third-order valence-corrected chi connectivity index (χ3v) is 5.86. The molecule has 0 aromatic heterocycles. The first-order valence-corrected chi connectivity index (χ1v) is 11.6. The average molecular weight is 446 g/mol. The van der Waals surface area contributed by atoms with E-state index in [2.05, 4.69) is 57.3 Å². The Hall–Kier alpha value is -2.95. The van der Waals surface area contributed by atoms with Gasteiger partial charge in [0.25, 0.3) is 0 Å². The van der Waals surface area contributed by atoms with Gasteiger partial charge in [-0.1, -0.05) is 80.6 Å². The van der Waals surface area contributed by atoms with Gasteiger partial charge in [0.05, 0.1) is 11.7 Å². The molecule has 3 aromatic rings. The topological polar surface area (TPSA) is 69.6 Å². The van der Waals surface area contributed by atoms with Crippen molar-refractivity contribution in [2.75, 3.05) is 6.54 Å². The summed E-state index contributed by atoms with van der Waals surface area (Å²) in [5.41, 5.74) is 5.31. The Kier molecular flexibility index (Phi) is 8.06. The van der Waals surface area contributed by atoms with Crippen LogP contribution in [0, 0.1) is 5.92 Å². The Morgan fingerprint density at radius 3 is 2.18 bits per heavy atom. The van der Waals surface area contributed by atoms with Crippen molar-refractivity contribution in [3.63, 3.8) is 0 Å². The fraction of sp³-hybridized carbons (Fsp3) is 0.345. The van der Waals surface area contributed by atoms with Gasteiger partial charge in [0.15, 0.2) is 0 Å². The van der Waals surface area contributed by atoms with Crippen LogP contribution in [-0.2, 0) is 12.8 Å². The van der Waals surface area contributed by atoms with E-state index in [0.717, 1.165) is 35.1 Å². The van der Waals surface area contributed by atoms with Gasteiger partial charge in [0, 0.05) is 12.1 Å². The van der Waals surface area contributed by atoms with Crippen LogP contribution in [0.25, 0.3) is 11.1 Å². The van der Waals surface area contributed by atoms with Crippen molar-refractivity contribution in [2.24, 2.45) is 5.92 Å². The molecule has 0 bridgehead atoms. The summed E-state index contributed by atoms with van der Waals surface area (Å²) in [7, 11) is 0. The number of aliphatic hydroxyl groups excluding tert-OH is 1. The third-order valence-electron chi connectivity index (χ3n) is 5.86. The molecule has 4 nitrogen and oxygen atoms in total. The number of aromatic carboxylic acids is 1. The normalized spacial score (nSPS) is 12.7. The number of rotatable bonds is 10. The van der Waals surface area contributed by atoms with Crippen molar-refractivity contribution in [1.29, 1.82) is 0 Å². The molecule has 4 heteroatoms. The van der Waals surface area contributed by atoms with Crippen molar-refractivity contribution >= 4 is 5.97 Å². The molecule has 0 saturated carbocycles. The van der Waals surface area contributed by atoms with Gasteiger partial charge in [-0.15, -0.1) is 0 Å². The zero-order valence-electron chi connectivity index (χ0n) is 20.0. The Morgan fingerprint density at radius 2 is 1.58 bits per heavy atom. The molecule has 3 rings (SSSR count). The highest BCUT2D eigenvalue weighted by molar-refractivity contribution is 5.90. The molecule has 174 valence electrons. The van der Waals surface area contributed by atoms with Crippen LogP contribution >= 0.6 is 0 Å². The average Bonchev–Trinajstić information content (AvgIpc) is 2.78. The number of hydrogen-bond acceptors (Lipinski definition) is 3. The standard InChI is InChI=1S/C29H35NO3/c1-20(2)16-25-17-24(14-15-26(25)28(32)33)22-12-10-21(11-13-22)18-29(3,4)30-19-27(31)23-8-6-5-7-9-23/h5-15,17,20,27,30-31H,16,18-19H2,1-4H3,(H,32,33)/t27-/m1/s1. The maximum absolute atomic E-state index is 11.6. The highest BCUT2D eigenvalue weighted by Crippen LogP contribution is 2.26. The van der Waals surface area contributed by atoms with Crippen LogP contribution in [0.4, 0.5) is 0 Å². The highest BCUT2D eigenvalue weighted by Gasteiger charge is 2.20. The maximum atomic E-state index is 11.6. The number of carbonyl (C=O) groups is 1. The summed E-state index contributed by atoms with van der Waals surface area (Å²) in [6.07, 6.45) is 1.02. The van der Waals surface area contributed by atoms with E-state index in [0.29, 0.717) is 18.0 Å². The predicted molar refractivity (Wildman–Crippen MR) is 135 cm³/mol. The molecule has 0 aliphatic carbocycles. The van der Waals surface area contributed by atoms with E-state index < -0.39 is 12.1 Å². The smallest absolute Gasteiger partial charge is 0.335 e. The molecule has 0 saturated heterocycles. The molecule has 0 unspecified atom stereocenters. The molecular formula is C29H35NO3. The molecule has 0 heterocycles. The largest absolute Gasteiger partial charge is 0.478 e. The Bertz CT molecular complexity index is 1060. The van der Waals surface area contributed by atoms with Crippen molar-refractivity contribution in [3.8, 4) is 11.1 Å². The van der Waals surface area contributed by atoms with Crippen LogP contribution in [-0.4, -0.2) is 28.3 Å². The fourth-order valence-corrected chi connectivity index (χ4v) is 4.14. The summed E-state index contributed by atoms with van der Waals surface area (Å²) >= 11 is 0. The summed E-state index contributed by atoms with van der Waals surface area (Å²) in [5.74, 6) is -0.490. The van der Waals surface area contributed by atoms with Crippen LogP contribution < -0.4 is 5.32 Å². The lowest BCUT2D eigenvalue weighted by Crippen LogP contribution is -2.43. The summed E-state index contributed by atoms with van der Waals surface area (Å²) in [6, 6.07) is 23.8. The number of carboxylic acids is 1. The van der Waals surface area contributed by atoms with E-state index in [1.165, 1.54) is 5.56 Å². The number of carboxylic acid groups (broad SMARTS) is 1. The highest BCUT2D eigenvalue weighted by atomic mass is 16.4. The first-order valence-electron chi connectivity index (χ1n) is 11.6. The third kappa shape index (κ3) is 7.01. The SMILES string of the molecule is CC(C)Cc1cc(-c2ccc(CC(C)(C)NC[C@@H](O)c3ccccc3)cc2)ccc1C(=O)O. The van der Waals surface area contributed by atoms with Gasteiger partial charge in [-0.3, -0.25) is 0 Å². The number of nitrogens with one attached hydrogen (secondary N) is 1. The van der Waals surface area contributed by atoms with Gasteiger partial charge in [-0.2, -0.15) is 0 Å².